The van der Waals surface area contributed by atoms with E-state index < -0.39 is 34.5 Å². The zero-order valence-electron chi connectivity index (χ0n) is 11.3. The fourth-order valence-corrected chi connectivity index (χ4v) is 4.01. The molecule has 0 aliphatic carbocycles. The molecule has 0 fully saturated rings. The molecule has 0 aliphatic heterocycles. The van der Waals surface area contributed by atoms with Gasteiger partial charge < -0.3 is 2.85 Å². The van der Waals surface area contributed by atoms with Crippen LogP contribution in [0.15, 0.2) is 26.4 Å². The average Bonchev–Trinajstić information content (AvgIpc) is 2.04. The third-order valence-corrected chi connectivity index (χ3v) is 4.88. The summed E-state index contributed by atoms with van der Waals surface area (Å²) in [5.41, 5.74) is 0. The Morgan fingerprint density at radius 2 is 1.28 bits per heavy atom. The molecular formula is C6H6BrClNa2O6S2. The first-order chi connectivity index (χ1) is 7.03. The van der Waals surface area contributed by atoms with Crippen LogP contribution < -0.4 is 59.1 Å². The molecular weight excluding hydrogens is 394 g/mol. The maximum absolute atomic E-state index is 10.9. The van der Waals surface area contributed by atoms with Crippen LogP contribution in [-0.2, 0) is 20.2 Å². The Morgan fingerprint density at radius 1 is 1.00 bits per heavy atom. The van der Waals surface area contributed by atoms with E-state index in [9.17, 15) is 16.8 Å². The van der Waals surface area contributed by atoms with Crippen molar-refractivity contribution >= 4 is 47.8 Å². The second-order valence-corrected chi connectivity index (χ2v) is 6.68. The van der Waals surface area contributed by atoms with Crippen LogP contribution in [0.25, 0.3) is 0 Å². The molecule has 0 saturated carbocycles. The van der Waals surface area contributed by atoms with Gasteiger partial charge in [-0.1, -0.05) is 11.6 Å². The number of benzene rings is 1. The first kappa shape index (κ1) is 22.1. The van der Waals surface area contributed by atoms with Gasteiger partial charge in [0.05, 0.1) is 4.47 Å². The van der Waals surface area contributed by atoms with Gasteiger partial charge in [-0.2, -0.15) is 16.8 Å². The second-order valence-electron chi connectivity index (χ2n) is 2.67. The molecule has 0 bridgehead atoms. The van der Waals surface area contributed by atoms with E-state index in [4.69, 9.17) is 20.7 Å². The first-order valence-electron chi connectivity index (χ1n) is 3.47. The van der Waals surface area contributed by atoms with Crippen LogP contribution >= 0.6 is 27.5 Å². The Kier molecular flexibility index (Phi) is 9.47. The summed E-state index contributed by atoms with van der Waals surface area (Å²) in [6.45, 7) is 0. The molecule has 0 atom stereocenters. The van der Waals surface area contributed by atoms with Gasteiger partial charge in [0.15, 0.2) is 0 Å². The van der Waals surface area contributed by atoms with E-state index in [2.05, 4.69) is 15.9 Å². The summed E-state index contributed by atoms with van der Waals surface area (Å²) in [5, 5.41) is -0.261. The van der Waals surface area contributed by atoms with Gasteiger partial charge in [-0.25, -0.2) is 0 Å². The maximum atomic E-state index is 10.9. The zero-order valence-corrected chi connectivity index (χ0v) is 17.2. The minimum Gasteiger partial charge on any atom is -1.00 e. The molecule has 1 rings (SSSR count). The van der Waals surface area contributed by atoms with Gasteiger partial charge in [0.2, 0.25) is 0 Å². The van der Waals surface area contributed by atoms with E-state index >= 15 is 0 Å². The van der Waals surface area contributed by atoms with Crippen LogP contribution in [0.2, 0.25) is 5.02 Å². The van der Waals surface area contributed by atoms with Gasteiger partial charge in [0.25, 0.3) is 20.2 Å². The molecule has 0 aliphatic rings. The standard InChI is InChI=1S/C6H4BrClO6S2.2Na.2H/c7-6-4(15(9,10)11)1-3(8)2-5(6)16(12,13)14;;;;/h1-2H,(H,9,10,11)(H,12,13,14);;;;/q;2*+1;2*-1. The van der Waals surface area contributed by atoms with Crippen molar-refractivity contribution in [3.63, 3.8) is 0 Å². The summed E-state index contributed by atoms with van der Waals surface area (Å²) in [7, 11) is -9.29. The fourth-order valence-electron chi connectivity index (χ4n) is 0.916. The van der Waals surface area contributed by atoms with Crippen molar-refractivity contribution in [2.45, 2.75) is 9.79 Å². The van der Waals surface area contributed by atoms with Crippen LogP contribution in [0, 0.1) is 0 Å². The molecule has 0 unspecified atom stereocenters. The molecule has 0 saturated heterocycles. The van der Waals surface area contributed by atoms with E-state index in [-0.39, 0.29) is 67.0 Å². The summed E-state index contributed by atoms with van der Waals surface area (Å²) in [6.07, 6.45) is 0. The molecule has 0 spiro atoms. The summed E-state index contributed by atoms with van der Waals surface area (Å²) in [5.74, 6) is 0. The minimum atomic E-state index is -4.65. The van der Waals surface area contributed by atoms with Crippen LogP contribution in [0.3, 0.4) is 0 Å². The SMILES string of the molecule is O=S(=O)(O)c1cc(Cl)cc(S(=O)(=O)O)c1Br.[H-].[H-].[Na+].[Na+]. The van der Waals surface area contributed by atoms with Gasteiger partial charge in [-0.05, 0) is 28.1 Å². The van der Waals surface area contributed by atoms with Crippen LogP contribution in [-0.4, -0.2) is 25.9 Å². The molecule has 0 radical (unpaired) electrons. The van der Waals surface area contributed by atoms with Crippen molar-refractivity contribution < 1.29 is 87.9 Å². The largest absolute Gasteiger partial charge is 1.00 e. The molecule has 12 heteroatoms. The topological polar surface area (TPSA) is 109 Å². The van der Waals surface area contributed by atoms with Crippen molar-refractivity contribution in [1.82, 2.24) is 0 Å². The smallest absolute Gasteiger partial charge is 1.00 e. The molecule has 0 amide bonds. The zero-order chi connectivity index (χ0) is 12.7. The second kappa shape index (κ2) is 7.71. The molecule has 2 N–H and O–H groups in total. The Morgan fingerprint density at radius 3 is 1.50 bits per heavy atom. The predicted molar refractivity (Wildman–Crippen MR) is 61.0 cm³/mol. The number of hydrogen-bond donors (Lipinski definition) is 2. The number of rotatable bonds is 2. The quantitative estimate of drug-likeness (QED) is 0.386. The monoisotopic (exact) mass is 398 g/mol. The summed E-state index contributed by atoms with van der Waals surface area (Å²) in [6, 6.07) is 1.69. The van der Waals surface area contributed by atoms with Gasteiger partial charge in [-0.15, -0.1) is 0 Å². The Hall–Kier alpha value is 1.81. The molecule has 0 aromatic heterocycles. The Labute approximate surface area is 165 Å². The summed E-state index contributed by atoms with van der Waals surface area (Å²) >= 11 is 8.11. The van der Waals surface area contributed by atoms with Crippen molar-refractivity contribution in [1.29, 1.82) is 0 Å². The van der Waals surface area contributed by atoms with E-state index in [1.54, 1.807) is 0 Å². The molecule has 1 aromatic carbocycles. The van der Waals surface area contributed by atoms with E-state index in [1.807, 2.05) is 0 Å². The van der Waals surface area contributed by atoms with Crippen LogP contribution in [0.4, 0.5) is 0 Å². The Bertz CT molecular complexity index is 600. The fraction of sp³-hybridized carbons (Fsp3) is 0. The molecule has 18 heavy (non-hydrogen) atoms. The predicted octanol–water partition coefficient (Wildman–Crippen LogP) is -4.17. The van der Waals surface area contributed by atoms with Crippen molar-refractivity contribution in [3.05, 3.63) is 21.6 Å². The molecule has 94 valence electrons. The van der Waals surface area contributed by atoms with E-state index in [0.29, 0.717) is 0 Å². The van der Waals surface area contributed by atoms with Crippen molar-refractivity contribution in [3.8, 4) is 0 Å². The number of hydrogen-bond acceptors (Lipinski definition) is 4. The number of halogens is 2. The average molecular weight is 400 g/mol. The minimum absolute atomic E-state index is 0. The molecule has 0 heterocycles. The van der Waals surface area contributed by atoms with Crippen molar-refractivity contribution in [2.75, 3.05) is 0 Å². The summed E-state index contributed by atoms with van der Waals surface area (Å²) in [4.78, 5) is -1.49. The third kappa shape index (κ3) is 5.66. The molecule has 6 nitrogen and oxygen atoms in total. The van der Waals surface area contributed by atoms with Crippen LogP contribution in [0.1, 0.15) is 2.85 Å². The third-order valence-electron chi connectivity index (χ3n) is 1.53. The summed E-state index contributed by atoms with van der Waals surface area (Å²) < 4.78 is 60.6. The maximum Gasteiger partial charge on any atom is 1.00 e. The van der Waals surface area contributed by atoms with Crippen LogP contribution in [0.5, 0.6) is 0 Å². The molecule has 1 aromatic rings. The first-order valence-corrected chi connectivity index (χ1v) is 7.52. The van der Waals surface area contributed by atoms with Crippen molar-refractivity contribution in [2.24, 2.45) is 0 Å². The normalized spacial score (nSPS) is 11.3. The van der Waals surface area contributed by atoms with Gasteiger partial charge >= 0.3 is 59.1 Å². The van der Waals surface area contributed by atoms with E-state index in [1.165, 1.54) is 0 Å². The van der Waals surface area contributed by atoms with Gasteiger partial charge in [-0.3, -0.25) is 9.11 Å². The van der Waals surface area contributed by atoms with Gasteiger partial charge in [0.1, 0.15) is 9.79 Å². The van der Waals surface area contributed by atoms with Gasteiger partial charge in [0, 0.05) is 5.02 Å². The Balaban J connectivity index is -0.000000320. The van der Waals surface area contributed by atoms with E-state index in [0.717, 1.165) is 12.1 Å².